The molecule has 1 amide bonds. The van der Waals surface area contributed by atoms with Gasteiger partial charge in [0.2, 0.25) is 0 Å². The maximum Gasteiger partial charge on any atom is 0.407 e. The molecule has 22 heavy (non-hydrogen) atoms. The van der Waals surface area contributed by atoms with E-state index in [-0.39, 0.29) is 17.6 Å². The number of carboxylic acid groups (broad SMARTS) is 1. The number of likely N-dealkylation sites (tertiary alicyclic amines) is 1. The minimum atomic E-state index is -3.81. The van der Waals surface area contributed by atoms with E-state index in [1.54, 1.807) is 19.1 Å². The molecule has 1 aromatic rings. The fraction of sp³-hybridized carbons (Fsp3) is 0.500. The fourth-order valence-corrected chi connectivity index (χ4v) is 2.98. The number of rotatable bonds is 6. The van der Waals surface area contributed by atoms with Crippen LogP contribution in [0.15, 0.2) is 29.2 Å². The van der Waals surface area contributed by atoms with Gasteiger partial charge in [-0.05, 0) is 26.0 Å². The van der Waals surface area contributed by atoms with E-state index in [1.165, 1.54) is 17.0 Å². The molecule has 1 N–H and O–H groups in total. The van der Waals surface area contributed by atoms with Crippen LogP contribution >= 0.6 is 0 Å². The summed E-state index contributed by atoms with van der Waals surface area (Å²) in [6, 6.07) is 6.38. The topological polar surface area (TPSA) is 93.1 Å². The molecule has 1 aliphatic heterocycles. The first kappa shape index (κ1) is 16.7. The van der Waals surface area contributed by atoms with Gasteiger partial charge in [0.25, 0.3) is 10.1 Å². The number of carbonyl (C=O) groups is 1. The zero-order valence-electron chi connectivity index (χ0n) is 12.4. The van der Waals surface area contributed by atoms with Gasteiger partial charge < -0.3 is 14.7 Å². The molecular formula is C14H19NO6S. The summed E-state index contributed by atoms with van der Waals surface area (Å²) in [5, 5.41) is 8.71. The molecule has 1 fully saturated rings. The molecule has 0 radical (unpaired) electrons. The average Bonchev–Trinajstić information content (AvgIpc) is 2.40. The van der Waals surface area contributed by atoms with Gasteiger partial charge in [0.15, 0.2) is 0 Å². The highest BCUT2D eigenvalue weighted by Gasteiger charge is 2.32. The van der Waals surface area contributed by atoms with E-state index < -0.39 is 22.3 Å². The molecule has 1 unspecified atom stereocenters. The largest absolute Gasteiger partial charge is 0.465 e. The molecule has 0 aliphatic carbocycles. The van der Waals surface area contributed by atoms with E-state index in [0.29, 0.717) is 13.1 Å². The third kappa shape index (κ3) is 4.19. The normalized spacial score (nSPS) is 17.1. The van der Waals surface area contributed by atoms with Crippen LogP contribution in [-0.4, -0.2) is 56.4 Å². The van der Waals surface area contributed by atoms with Crippen LogP contribution in [0.4, 0.5) is 4.79 Å². The van der Waals surface area contributed by atoms with Crippen molar-refractivity contribution < 1.29 is 27.2 Å². The Morgan fingerprint density at radius 3 is 2.50 bits per heavy atom. The third-order valence-electron chi connectivity index (χ3n) is 3.31. The molecule has 122 valence electrons. The van der Waals surface area contributed by atoms with Crippen LogP contribution in [0, 0.1) is 6.92 Å². The van der Waals surface area contributed by atoms with Crippen molar-refractivity contribution in [3.63, 3.8) is 0 Å². The van der Waals surface area contributed by atoms with Gasteiger partial charge in [-0.1, -0.05) is 17.7 Å². The molecule has 1 aromatic carbocycles. The Morgan fingerprint density at radius 2 is 1.95 bits per heavy atom. The Morgan fingerprint density at radius 1 is 1.36 bits per heavy atom. The highest BCUT2D eigenvalue weighted by molar-refractivity contribution is 7.86. The molecule has 0 bridgehead atoms. The molecule has 1 heterocycles. The molecule has 0 aromatic heterocycles. The van der Waals surface area contributed by atoms with Gasteiger partial charge in [0.05, 0.1) is 36.8 Å². The molecule has 1 atom stereocenters. The summed E-state index contributed by atoms with van der Waals surface area (Å²) in [5.74, 6) is 0. The molecular weight excluding hydrogens is 310 g/mol. The van der Waals surface area contributed by atoms with Crippen LogP contribution in [-0.2, 0) is 19.0 Å². The highest BCUT2D eigenvalue weighted by Crippen LogP contribution is 2.16. The van der Waals surface area contributed by atoms with Crippen molar-refractivity contribution in [1.82, 2.24) is 4.90 Å². The molecule has 8 heteroatoms. The lowest BCUT2D eigenvalue weighted by Crippen LogP contribution is -2.55. The van der Waals surface area contributed by atoms with Crippen LogP contribution in [0.2, 0.25) is 0 Å². The van der Waals surface area contributed by atoms with Crippen molar-refractivity contribution in [3.8, 4) is 0 Å². The molecule has 1 saturated heterocycles. The number of hydrogen-bond donors (Lipinski definition) is 1. The monoisotopic (exact) mass is 329 g/mol. The minimum Gasteiger partial charge on any atom is -0.465 e. The summed E-state index contributed by atoms with van der Waals surface area (Å²) < 4.78 is 34.5. The predicted octanol–water partition coefficient (Wildman–Crippen LogP) is 1.47. The van der Waals surface area contributed by atoms with E-state index in [2.05, 4.69) is 0 Å². The first-order valence-electron chi connectivity index (χ1n) is 6.87. The summed E-state index contributed by atoms with van der Waals surface area (Å²) in [6.45, 7) is 4.04. The fourth-order valence-electron chi connectivity index (χ4n) is 2.01. The van der Waals surface area contributed by atoms with Gasteiger partial charge in [-0.2, -0.15) is 8.42 Å². The number of nitrogens with zero attached hydrogens (tertiary/aromatic N) is 1. The van der Waals surface area contributed by atoms with Crippen LogP contribution < -0.4 is 0 Å². The van der Waals surface area contributed by atoms with E-state index in [1.807, 2.05) is 6.92 Å². The average molecular weight is 329 g/mol. The van der Waals surface area contributed by atoms with Crippen molar-refractivity contribution in [2.75, 3.05) is 19.7 Å². The minimum absolute atomic E-state index is 0.103. The molecule has 7 nitrogen and oxygen atoms in total. The highest BCUT2D eigenvalue weighted by atomic mass is 32.2. The van der Waals surface area contributed by atoms with Crippen molar-refractivity contribution in [1.29, 1.82) is 0 Å². The van der Waals surface area contributed by atoms with Crippen LogP contribution in [0.5, 0.6) is 0 Å². The van der Waals surface area contributed by atoms with Gasteiger partial charge in [-0.25, -0.2) is 4.79 Å². The van der Waals surface area contributed by atoms with Crippen molar-refractivity contribution in [2.45, 2.75) is 31.0 Å². The van der Waals surface area contributed by atoms with Crippen LogP contribution in [0.1, 0.15) is 12.5 Å². The van der Waals surface area contributed by atoms with Crippen molar-refractivity contribution >= 4 is 16.2 Å². The van der Waals surface area contributed by atoms with Gasteiger partial charge >= 0.3 is 6.09 Å². The Bertz CT molecular complexity index is 621. The molecule has 1 aliphatic rings. The van der Waals surface area contributed by atoms with Gasteiger partial charge in [-0.15, -0.1) is 0 Å². The summed E-state index contributed by atoms with van der Waals surface area (Å²) in [7, 11) is -3.81. The summed E-state index contributed by atoms with van der Waals surface area (Å²) in [6.07, 6.45) is -1.64. The standard InChI is InChI=1S/C14H19NO6S/c1-10-3-5-13(6-4-10)22(18,19)20-9-11(2)21-12-7-15(8-12)14(16)17/h3-6,11-12H,7-9H2,1-2H3,(H,16,17). The third-order valence-corrected chi connectivity index (χ3v) is 4.61. The number of aryl methyl sites for hydroxylation is 1. The zero-order valence-corrected chi connectivity index (χ0v) is 13.2. The second kappa shape index (κ2) is 6.64. The first-order valence-corrected chi connectivity index (χ1v) is 8.28. The van der Waals surface area contributed by atoms with E-state index >= 15 is 0 Å². The number of ether oxygens (including phenoxy) is 1. The van der Waals surface area contributed by atoms with Crippen LogP contribution in [0.25, 0.3) is 0 Å². The lowest BCUT2D eigenvalue weighted by atomic mass is 10.2. The maximum absolute atomic E-state index is 12.0. The smallest absolute Gasteiger partial charge is 0.407 e. The SMILES string of the molecule is Cc1ccc(S(=O)(=O)OCC(C)OC2CN(C(=O)O)C2)cc1. The Labute approximate surface area is 129 Å². The second-order valence-electron chi connectivity index (χ2n) is 5.31. The number of benzene rings is 1. The van der Waals surface area contributed by atoms with Gasteiger partial charge in [0, 0.05) is 0 Å². The molecule has 0 saturated carbocycles. The Balaban J connectivity index is 1.79. The first-order chi connectivity index (χ1) is 10.3. The summed E-state index contributed by atoms with van der Waals surface area (Å²) in [4.78, 5) is 11.9. The molecule has 0 spiro atoms. The number of hydrogen-bond acceptors (Lipinski definition) is 5. The quantitative estimate of drug-likeness (QED) is 0.794. The van der Waals surface area contributed by atoms with E-state index in [4.69, 9.17) is 14.0 Å². The van der Waals surface area contributed by atoms with Crippen molar-refractivity contribution in [3.05, 3.63) is 29.8 Å². The second-order valence-corrected chi connectivity index (χ2v) is 6.92. The van der Waals surface area contributed by atoms with Crippen LogP contribution in [0.3, 0.4) is 0 Å². The van der Waals surface area contributed by atoms with E-state index in [0.717, 1.165) is 5.56 Å². The Hall–Kier alpha value is -1.64. The van der Waals surface area contributed by atoms with Gasteiger partial charge in [0.1, 0.15) is 0 Å². The molecule has 2 rings (SSSR count). The lowest BCUT2D eigenvalue weighted by Gasteiger charge is -2.38. The zero-order chi connectivity index (χ0) is 16.3. The summed E-state index contributed by atoms with van der Waals surface area (Å²) >= 11 is 0. The maximum atomic E-state index is 12.0. The lowest BCUT2D eigenvalue weighted by molar-refractivity contribution is -0.0867. The predicted molar refractivity (Wildman–Crippen MR) is 78.2 cm³/mol. The van der Waals surface area contributed by atoms with Crippen molar-refractivity contribution in [2.24, 2.45) is 0 Å². The van der Waals surface area contributed by atoms with Gasteiger partial charge in [-0.3, -0.25) is 4.18 Å². The van der Waals surface area contributed by atoms with E-state index in [9.17, 15) is 13.2 Å². The Kier molecular flexibility index (Phi) is 5.05. The summed E-state index contributed by atoms with van der Waals surface area (Å²) in [5.41, 5.74) is 0.962. The number of amides is 1.